The number of methoxy groups -OCH3 is 1. The van der Waals surface area contributed by atoms with Crippen molar-refractivity contribution in [2.75, 3.05) is 25.1 Å². The largest absolute Gasteiger partial charge is 0.465 e. The molecule has 1 aromatic heterocycles. The standard InChI is InChI=1S/C20H19ClFN3O3/c1-4-24(5-2)20-23-17-10-12(19(27)28-3)6-8-14(17)18(26)25(20)13-7-9-16(22)15(21)11-13/h6-11H,4-5H2,1-3H3. The fourth-order valence-corrected chi connectivity index (χ4v) is 3.17. The molecule has 28 heavy (non-hydrogen) atoms. The van der Waals surface area contributed by atoms with E-state index in [9.17, 15) is 14.0 Å². The fraction of sp³-hybridized carbons (Fsp3) is 0.250. The van der Waals surface area contributed by atoms with Gasteiger partial charge in [0.25, 0.3) is 5.56 Å². The summed E-state index contributed by atoms with van der Waals surface area (Å²) >= 11 is 5.93. The first kappa shape index (κ1) is 19.8. The van der Waals surface area contributed by atoms with E-state index < -0.39 is 11.8 Å². The first-order chi connectivity index (χ1) is 13.4. The Morgan fingerprint density at radius 2 is 1.93 bits per heavy atom. The van der Waals surface area contributed by atoms with Gasteiger partial charge < -0.3 is 9.64 Å². The number of benzene rings is 2. The lowest BCUT2D eigenvalue weighted by atomic mass is 10.1. The summed E-state index contributed by atoms with van der Waals surface area (Å²) in [5.41, 5.74) is 0.741. The quantitative estimate of drug-likeness (QED) is 0.606. The molecule has 6 nitrogen and oxygen atoms in total. The summed E-state index contributed by atoms with van der Waals surface area (Å²) in [5.74, 6) is -0.700. The number of esters is 1. The Morgan fingerprint density at radius 1 is 1.21 bits per heavy atom. The van der Waals surface area contributed by atoms with Crippen molar-refractivity contribution in [1.82, 2.24) is 9.55 Å². The molecule has 1 heterocycles. The van der Waals surface area contributed by atoms with E-state index in [1.807, 2.05) is 18.7 Å². The SMILES string of the molecule is CCN(CC)c1nc2cc(C(=O)OC)ccc2c(=O)n1-c1ccc(F)c(Cl)c1. The van der Waals surface area contributed by atoms with Crippen LogP contribution in [0.3, 0.4) is 0 Å². The average Bonchev–Trinajstić information content (AvgIpc) is 2.70. The van der Waals surface area contributed by atoms with Crippen molar-refractivity contribution in [1.29, 1.82) is 0 Å². The Hall–Kier alpha value is -2.93. The highest BCUT2D eigenvalue weighted by Crippen LogP contribution is 2.24. The van der Waals surface area contributed by atoms with Crippen molar-refractivity contribution in [2.45, 2.75) is 13.8 Å². The average molecular weight is 404 g/mol. The molecule has 8 heteroatoms. The summed E-state index contributed by atoms with van der Waals surface area (Å²) in [7, 11) is 1.29. The summed E-state index contributed by atoms with van der Waals surface area (Å²) in [6.07, 6.45) is 0. The number of carbonyl (C=O) groups excluding carboxylic acids is 1. The van der Waals surface area contributed by atoms with E-state index in [0.29, 0.717) is 41.2 Å². The Kier molecular flexibility index (Phi) is 5.65. The van der Waals surface area contributed by atoms with Gasteiger partial charge in [0.1, 0.15) is 5.82 Å². The van der Waals surface area contributed by atoms with Crippen LogP contribution in [0.1, 0.15) is 24.2 Å². The highest BCUT2D eigenvalue weighted by molar-refractivity contribution is 6.30. The van der Waals surface area contributed by atoms with E-state index in [-0.39, 0.29) is 10.6 Å². The zero-order valence-electron chi connectivity index (χ0n) is 15.7. The maximum Gasteiger partial charge on any atom is 0.337 e. The van der Waals surface area contributed by atoms with E-state index in [1.54, 1.807) is 0 Å². The number of hydrogen-bond acceptors (Lipinski definition) is 5. The molecule has 0 amide bonds. The third kappa shape index (κ3) is 3.45. The molecule has 0 aliphatic rings. The molecule has 3 rings (SSSR count). The van der Waals surface area contributed by atoms with Gasteiger partial charge in [-0.2, -0.15) is 0 Å². The molecule has 0 spiro atoms. The normalized spacial score (nSPS) is 10.9. The van der Waals surface area contributed by atoms with Gasteiger partial charge in [-0.3, -0.25) is 4.79 Å². The Balaban J connectivity index is 2.36. The predicted molar refractivity (Wildman–Crippen MR) is 107 cm³/mol. The van der Waals surface area contributed by atoms with Gasteiger partial charge in [-0.25, -0.2) is 18.7 Å². The minimum absolute atomic E-state index is 0.0870. The van der Waals surface area contributed by atoms with Crippen LogP contribution in [0.2, 0.25) is 5.02 Å². The molecule has 3 aromatic rings. The van der Waals surface area contributed by atoms with Gasteiger partial charge in [0.05, 0.1) is 34.3 Å². The van der Waals surface area contributed by atoms with Crippen LogP contribution < -0.4 is 10.5 Å². The monoisotopic (exact) mass is 403 g/mol. The Labute approximate surface area is 166 Å². The summed E-state index contributed by atoms with van der Waals surface area (Å²) in [6, 6.07) is 8.65. The van der Waals surface area contributed by atoms with Crippen molar-refractivity contribution < 1.29 is 13.9 Å². The first-order valence-corrected chi connectivity index (χ1v) is 9.14. The van der Waals surface area contributed by atoms with Gasteiger partial charge in [0.2, 0.25) is 5.95 Å². The lowest BCUT2D eigenvalue weighted by Crippen LogP contribution is -2.32. The van der Waals surface area contributed by atoms with Gasteiger partial charge in [0, 0.05) is 13.1 Å². The van der Waals surface area contributed by atoms with E-state index in [4.69, 9.17) is 16.3 Å². The number of halogens is 2. The van der Waals surface area contributed by atoms with E-state index in [0.717, 1.165) is 0 Å². The molecule has 0 saturated carbocycles. The lowest BCUT2D eigenvalue weighted by Gasteiger charge is -2.24. The number of fused-ring (bicyclic) bond motifs is 1. The molecule has 0 bridgehead atoms. The number of ether oxygens (including phenoxy) is 1. The summed E-state index contributed by atoms with van der Waals surface area (Å²) < 4.78 is 19.8. The predicted octanol–water partition coefficient (Wildman–Crippen LogP) is 3.81. The molecule has 2 aromatic carbocycles. The molecule has 0 aliphatic carbocycles. The van der Waals surface area contributed by atoms with Crippen LogP contribution in [0.25, 0.3) is 16.6 Å². The van der Waals surface area contributed by atoms with Crippen molar-refractivity contribution in [3.63, 3.8) is 0 Å². The minimum atomic E-state index is -0.570. The number of nitrogens with zero attached hydrogens (tertiary/aromatic N) is 3. The second-order valence-corrected chi connectivity index (χ2v) is 6.45. The molecule has 0 saturated heterocycles. The molecular weight excluding hydrogens is 385 g/mol. The smallest absolute Gasteiger partial charge is 0.337 e. The van der Waals surface area contributed by atoms with Crippen LogP contribution in [-0.4, -0.2) is 35.7 Å². The summed E-state index contributed by atoms with van der Waals surface area (Å²) in [5, 5.41) is 0.236. The van der Waals surface area contributed by atoms with E-state index in [2.05, 4.69) is 4.98 Å². The molecule has 0 unspecified atom stereocenters. The minimum Gasteiger partial charge on any atom is -0.465 e. The van der Waals surface area contributed by atoms with Crippen LogP contribution >= 0.6 is 11.6 Å². The summed E-state index contributed by atoms with van der Waals surface area (Å²) in [4.78, 5) is 31.6. The van der Waals surface area contributed by atoms with Crippen LogP contribution in [0.15, 0.2) is 41.2 Å². The fourth-order valence-electron chi connectivity index (χ4n) is 2.99. The number of carbonyl (C=O) groups is 1. The Bertz CT molecular complexity index is 1110. The second kappa shape index (κ2) is 7.98. The van der Waals surface area contributed by atoms with Crippen LogP contribution in [0.4, 0.5) is 10.3 Å². The van der Waals surface area contributed by atoms with E-state index >= 15 is 0 Å². The van der Waals surface area contributed by atoms with Gasteiger partial charge in [-0.15, -0.1) is 0 Å². The Morgan fingerprint density at radius 3 is 2.54 bits per heavy atom. The van der Waals surface area contributed by atoms with Gasteiger partial charge >= 0.3 is 5.97 Å². The molecule has 0 radical (unpaired) electrons. The number of aromatic nitrogens is 2. The molecule has 146 valence electrons. The molecule has 0 atom stereocenters. The zero-order valence-corrected chi connectivity index (χ0v) is 16.5. The van der Waals surface area contributed by atoms with Crippen molar-refractivity contribution in [2.24, 2.45) is 0 Å². The van der Waals surface area contributed by atoms with Gasteiger partial charge in [-0.05, 0) is 50.2 Å². The van der Waals surface area contributed by atoms with Crippen molar-refractivity contribution >= 4 is 34.4 Å². The number of rotatable bonds is 5. The highest BCUT2D eigenvalue weighted by Gasteiger charge is 2.19. The first-order valence-electron chi connectivity index (χ1n) is 8.76. The third-order valence-electron chi connectivity index (χ3n) is 4.48. The van der Waals surface area contributed by atoms with Gasteiger partial charge in [0.15, 0.2) is 0 Å². The lowest BCUT2D eigenvalue weighted by molar-refractivity contribution is 0.0601. The maximum absolute atomic E-state index is 13.6. The zero-order chi connectivity index (χ0) is 20.4. The van der Waals surface area contributed by atoms with Crippen LogP contribution in [0, 0.1) is 5.82 Å². The van der Waals surface area contributed by atoms with Crippen LogP contribution in [-0.2, 0) is 4.74 Å². The molecule has 0 N–H and O–H groups in total. The molecule has 0 fully saturated rings. The van der Waals surface area contributed by atoms with Gasteiger partial charge in [-0.1, -0.05) is 11.6 Å². The second-order valence-electron chi connectivity index (χ2n) is 6.05. The molecular formula is C20H19ClFN3O3. The number of anilines is 1. The highest BCUT2D eigenvalue weighted by atomic mass is 35.5. The van der Waals surface area contributed by atoms with Crippen molar-refractivity contribution in [3.8, 4) is 5.69 Å². The number of hydrogen-bond donors (Lipinski definition) is 0. The van der Waals surface area contributed by atoms with E-state index in [1.165, 1.54) is 48.1 Å². The topological polar surface area (TPSA) is 64.4 Å². The summed E-state index contributed by atoms with van der Waals surface area (Å²) in [6.45, 7) is 5.07. The maximum atomic E-state index is 13.6. The third-order valence-corrected chi connectivity index (χ3v) is 4.77. The molecule has 0 aliphatic heterocycles. The van der Waals surface area contributed by atoms with Crippen LogP contribution in [0.5, 0.6) is 0 Å². The van der Waals surface area contributed by atoms with Crippen molar-refractivity contribution in [3.05, 3.63) is 63.2 Å².